The number of hydrogen-bond acceptors (Lipinski definition) is 7. The van der Waals surface area contributed by atoms with Gasteiger partial charge in [-0.15, -0.1) is 0 Å². The van der Waals surface area contributed by atoms with Gasteiger partial charge in [-0.25, -0.2) is 0 Å². The van der Waals surface area contributed by atoms with Crippen molar-refractivity contribution in [1.82, 2.24) is 4.90 Å². The third-order valence-electron chi connectivity index (χ3n) is 5.26. The molecule has 2 aromatic carbocycles. The molecule has 7 nitrogen and oxygen atoms in total. The molecule has 0 saturated carbocycles. The van der Waals surface area contributed by atoms with Gasteiger partial charge in [-0.1, -0.05) is 13.3 Å². The number of rotatable bonds is 9. The van der Waals surface area contributed by atoms with Crippen LogP contribution in [0.4, 0.5) is 0 Å². The first-order valence-electron chi connectivity index (χ1n) is 10.2. The highest BCUT2D eigenvalue weighted by Gasteiger charge is 2.31. The first-order valence-corrected chi connectivity index (χ1v) is 10.2. The van der Waals surface area contributed by atoms with E-state index in [4.69, 9.17) is 18.9 Å². The molecule has 3 rings (SSSR count). The number of phenols is 1. The van der Waals surface area contributed by atoms with Crippen LogP contribution in [0.15, 0.2) is 30.0 Å². The fourth-order valence-electron chi connectivity index (χ4n) is 3.53. The number of ketones is 1. The Morgan fingerprint density at radius 3 is 2.39 bits per heavy atom. The number of aromatic hydroxyl groups is 1. The lowest BCUT2D eigenvalue weighted by molar-refractivity contribution is 0.101. The second-order valence-electron chi connectivity index (χ2n) is 7.42. The van der Waals surface area contributed by atoms with Gasteiger partial charge >= 0.3 is 0 Å². The minimum absolute atomic E-state index is 0.111. The molecule has 0 fully saturated rings. The lowest BCUT2D eigenvalue weighted by atomic mass is 10.0. The van der Waals surface area contributed by atoms with Crippen molar-refractivity contribution < 1.29 is 28.8 Å². The second-order valence-corrected chi connectivity index (χ2v) is 7.42. The predicted octanol–water partition coefficient (Wildman–Crippen LogP) is 4.27. The second kappa shape index (κ2) is 9.75. The molecule has 1 aliphatic heterocycles. The lowest BCUT2D eigenvalue weighted by Gasteiger charge is -2.18. The van der Waals surface area contributed by atoms with Crippen LogP contribution in [0.3, 0.4) is 0 Å². The third-order valence-corrected chi connectivity index (χ3v) is 5.26. The highest BCUT2D eigenvalue weighted by molar-refractivity contribution is 6.15. The molecule has 0 unspecified atom stereocenters. The van der Waals surface area contributed by atoms with Gasteiger partial charge < -0.3 is 29.0 Å². The number of benzene rings is 2. The Labute approximate surface area is 182 Å². The molecule has 1 aliphatic rings. The van der Waals surface area contributed by atoms with Gasteiger partial charge in [-0.3, -0.25) is 4.79 Å². The van der Waals surface area contributed by atoms with Gasteiger partial charge in [0.05, 0.1) is 32.5 Å². The Morgan fingerprint density at radius 2 is 1.74 bits per heavy atom. The Balaban J connectivity index is 1.98. The number of fused-ring (bicyclic) bond motifs is 1. The molecule has 0 saturated heterocycles. The van der Waals surface area contributed by atoms with E-state index in [0.717, 1.165) is 19.4 Å². The zero-order valence-electron chi connectivity index (χ0n) is 18.7. The molecular formula is C24H29NO6. The van der Waals surface area contributed by atoms with E-state index < -0.39 is 0 Å². The first kappa shape index (κ1) is 22.5. The molecule has 31 heavy (non-hydrogen) atoms. The summed E-state index contributed by atoms with van der Waals surface area (Å²) in [5, 5.41) is 10.4. The Morgan fingerprint density at radius 1 is 1.06 bits per heavy atom. The van der Waals surface area contributed by atoms with Gasteiger partial charge in [0.1, 0.15) is 17.2 Å². The van der Waals surface area contributed by atoms with Crippen molar-refractivity contribution >= 4 is 11.9 Å². The summed E-state index contributed by atoms with van der Waals surface area (Å²) < 4.78 is 22.1. The number of methoxy groups -OCH3 is 3. The first-order chi connectivity index (χ1) is 14.9. The molecule has 0 aliphatic carbocycles. The summed E-state index contributed by atoms with van der Waals surface area (Å²) >= 11 is 0. The zero-order valence-corrected chi connectivity index (χ0v) is 18.7. The fourth-order valence-corrected chi connectivity index (χ4v) is 3.53. The van der Waals surface area contributed by atoms with Crippen molar-refractivity contribution in [2.45, 2.75) is 26.3 Å². The SMILES string of the molecule is CCCCN(C)Cc1c(O)ccc2c1OC(=Cc1cc(OC)c(OC)cc1OC)C2=O. The Hall–Kier alpha value is -3.19. The van der Waals surface area contributed by atoms with Crippen LogP contribution in [0.2, 0.25) is 0 Å². The molecule has 0 radical (unpaired) electrons. The van der Waals surface area contributed by atoms with E-state index >= 15 is 0 Å². The molecule has 166 valence electrons. The maximum Gasteiger partial charge on any atom is 0.231 e. The molecule has 7 heteroatoms. The van der Waals surface area contributed by atoms with Gasteiger partial charge in [0.15, 0.2) is 17.3 Å². The summed E-state index contributed by atoms with van der Waals surface area (Å²) in [5.74, 6) is 1.96. The quantitative estimate of drug-likeness (QED) is 0.599. The molecule has 2 aromatic rings. The van der Waals surface area contributed by atoms with Crippen LogP contribution in [-0.2, 0) is 6.54 Å². The number of phenolic OH excluding ortho intramolecular Hbond substituents is 1. The molecule has 1 N–H and O–H groups in total. The zero-order chi connectivity index (χ0) is 22.5. The third kappa shape index (κ3) is 4.61. The molecule has 0 bridgehead atoms. The fraction of sp³-hybridized carbons (Fsp3) is 0.375. The van der Waals surface area contributed by atoms with Crippen LogP contribution in [0.5, 0.6) is 28.7 Å². The largest absolute Gasteiger partial charge is 0.507 e. The van der Waals surface area contributed by atoms with Crippen LogP contribution < -0.4 is 18.9 Å². The Kier molecular flexibility index (Phi) is 7.07. The molecule has 1 heterocycles. The van der Waals surface area contributed by atoms with E-state index in [-0.39, 0.29) is 17.3 Å². The van der Waals surface area contributed by atoms with E-state index in [2.05, 4.69) is 11.8 Å². The van der Waals surface area contributed by atoms with Crippen molar-refractivity contribution in [2.75, 3.05) is 34.9 Å². The summed E-state index contributed by atoms with van der Waals surface area (Å²) in [4.78, 5) is 15.1. The maximum atomic E-state index is 13.0. The van der Waals surface area contributed by atoms with Crippen molar-refractivity contribution in [2.24, 2.45) is 0 Å². The summed E-state index contributed by atoms with van der Waals surface area (Å²) in [5.41, 5.74) is 1.65. The van der Waals surface area contributed by atoms with Gasteiger partial charge in [0.2, 0.25) is 5.78 Å². The van der Waals surface area contributed by atoms with E-state index in [0.29, 0.717) is 46.2 Å². The summed E-state index contributed by atoms with van der Waals surface area (Å²) in [6.07, 6.45) is 3.75. The number of Topliss-reactive ketones (excluding diaryl/α,β-unsaturated/α-hetero) is 1. The molecular weight excluding hydrogens is 398 g/mol. The van der Waals surface area contributed by atoms with Gasteiger partial charge in [0.25, 0.3) is 0 Å². The van der Waals surface area contributed by atoms with Crippen molar-refractivity contribution in [3.05, 3.63) is 46.7 Å². The maximum absolute atomic E-state index is 13.0. The van der Waals surface area contributed by atoms with E-state index in [1.807, 2.05) is 7.05 Å². The van der Waals surface area contributed by atoms with Crippen LogP contribution in [-0.4, -0.2) is 50.7 Å². The summed E-state index contributed by atoms with van der Waals surface area (Å²) in [6, 6.07) is 6.55. The standard InChI is InChI=1S/C24H29NO6/c1-6-7-10-25(2)14-17-18(26)9-8-16-23(27)22(31-24(16)17)12-15-11-20(29-4)21(30-5)13-19(15)28-3/h8-9,11-13,26H,6-7,10,14H2,1-5H3. The number of ether oxygens (including phenoxy) is 4. The normalized spacial score (nSPS) is 14.0. The predicted molar refractivity (Wildman–Crippen MR) is 118 cm³/mol. The number of hydrogen-bond donors (Lipinski definition) is 1. The smallest absolute Gasteiger partial charge is 0.231 e. The molecule has 0 aromatic heterocycles. The van der Waals surface area contributed by atoms with Gasteiger partial charge in [-0.05, 0) is 44.3 Å². The minimum Gasteiger partial charge on any atom is -0.507 e. The monoisotopic (exact) mass is 427 g/mol. The molecule has 0 amide bonds. The van der Waals surface area contributed by atoms with Crippen LogP contribution in [0.25, 0.3) is 6.08 Å². The number of carbonyl (C=O) groups excluding carboxylic acids is 1. The minimum atomic E-state index is -0.246. The average Bonchev–Trinajstić information content (AvgIpc) is 3.09. The summed E-state index contributed by atoms with van der Waals surface area (Å²) in [6.45, 7) is 3.50. The van der Waals surface area contributed by atoms with Gasteiger partial charge in [0, 0.05) is 18.2 Å². The van der Waals surface area contributed by atoms with Crippen LogP contribution in [0.1, 0.15) is 41.3 Å². The van der Waals surface area contributed by atoms with Crippen LogP contribution >= 0.6 is 0 Å². The van der Waals surface area contributed by atoms with E-state index in [9.17, 15) is 9.90 Å². The molecule has 0 spiro atoms. The van der Waals surface area contributed by atoms with Gasteiger partial charge in [-0.2, -0.15) is 0 Å². The Bertz CT molecular complexity index is 998. The van der Waals surface area contributed by atoms with E-state index in [1.54, 1.807) is 44.6 Å². The number of carbonyl (C=O) groups is 1. The van der Waals surface area contributed by atoms with Crippen molar-refractivity contribution in [3.8, 4) is 28.7 Å². The van der Waals surface area contributed by atoms with Crippen LogP contribution in [0, 0.1) is 0 Å². The highest BCUT2D eigenvalue weighted by atomic mass is 16.5. The highest BCUT2D eigenvalue weighted by Crippen LogP contribution is 2.41. The number of allylic oxidation sites excluding steroid dienone is 1. The number of unbranched alkanes of at least 4 members (excludes halogenated alkanes) is 1. The number of nitrogens with zero attached hydrogens (tertiary/aromatic N) is 1. The topological polar surface area (TPSA) is 77.5 Å². The van der Waals surface area contributed by atoms with Crippen molar-refractivity contribution in [1.29, 1.82) is 0 Å². The van der Waals surface area contributed by atoms with E-state index in [1.165, 1.54) is 7.11 Å². The molecule has 0 atom stereocenters. The summed E-state index contributed by atoms with van der Waals surface area (Å²) in [7, 11) is 6.60. The average molecular weight is 427 g/mol. The van der Waals surface area contributed by atoms with Crippen molar-refractivity contribution in [3.63, 3.8) is 0 Å². The lowest BCUT2D eigenvalue weighted by Crippen LogP contribution is -2.19.